The van der Waals surface area contributed by atoms with Crippen LogP contribution in [0.15, 0.2) is 65.2 Å². The highest BCUT2D eigenvalue weighted by Gasteiger charge is 2.61. The summed E-state index contributed by atoms with van der Waals surface area (Å²) in [5.41, 5.74) is 2.99. The van der Waals surface area contributed by atoms with Gasteiger partial charge in [0.05, 0.1) is 12.0 Å². The Bertz CT molecular complexity index is 974. The van der Waals surface area contributed by atoms with E-state index in [1.807, 2.05) is 56.3 Å². The zero-order chi connectivity index (χ0) is 21.9. The zero-order valence-corrected chi connectivity index (χ0v) is 19.0. The van der Waals surface area contributed by atoms with Crippen LogP contribution in [0.2, 0.25) is 0 Å². The van der Waals surface area contributed by atoms with E-state index >= 15 is 0 Å². The van der Waals surface area contributed by atoms with Crippen LogP contribution in [-0.4, -0.2) is 17.9 Å². The van der Waals surface area contributed by atoms with E-state index in [9.17, 15) is 10.1 Å². The van der Waals surface area contributed by atoms with Crippen molar-refractivity contribution in [2.24, 2.45) is 17.3 Å². The molecule has 1 amide bonds. The number of carbonyl (C=O) groups is 1. The molecule has 1 saturated carbocycles. The van der Waals surface area contributed by atoms with Gasteiger partial charge in [-0.05, 0) is 46.9 Å². The Kier molecular flexibility index (Phi) is 6.91. The van der Waals surface area contributed by atoms with E-state index in [-0.39, 0.29) is 27.6 Å². The minimum Gasteiger partial charge on any atom is -0.325 e. The summed E-state index contributed by atoms with van der Waals surface area (Å²) >= 11 is 11.7. The normalized spacial score (nSPS) is 20.0. The van der Waals surface area contributed by atoms with Crippen LogP contribution in [0.3, 0.4) is 0 Å². The fourth-order valence-corrected chi connectivity index (χ4v) is 4.53. The molecule has 1 fully saturated rings. The molecule has 0 radical (unpaired) electrons. The highest BCUT2D eigenvalue weighted by Crippen LogP contribution is 2.60. The summed E-state index contributed by atoms with van der Waals surface area (Å²) < 4.78 is 0.175. The number of amides is 1. The van der Waals surface area contributed by atoms with Crippen LogP contribution in [0.1, 0.15) is 36.6 Å². The third-order valence-electron chi connectivity index (χ3n) is 6.22. The van der Waals surface area contributed by atoms with Crippen molar-refractivity contribution in [3.63, 3.8) is 0 Å². The summed E-state index contributed by atoms with van der Waals surface area (Å²) in [7, 11) is 1.71. The number of hydrogen-bond donors (Lipinski definition) is 0. The largest absolute Gasteiger partial charge is 0.325 e. The van der Waals surface area contributed by atoms with Gasteiger partial charge in [-0.25, -0.2) is 0 Å². The lowest BCUT2D eigenvalue weighted by Crippen LogP contribution is -2.33. The quantitative estimate of drug-likeness (QED) is 0.522. The molecular weight excluding hydrogens is 415 g/mol. The van der Waals surface area contributed by atoms with Crippen molar-refractivity contribution in [2.45, 2.75) is 32.7 Å². The molecule has 0 N–H and O–H groups in total. The van der Waals surface area contributed by atoms with Crippen molar-refractivity contribution in [1.29, 1.82) is 5.26 Å². The first-order valence-corrected chi connectivity index (χ1v) is 10.8. The minimum absolute atomic E-state index is 0.0230. The molecule has 5 heteroatoms. The number of aryl methyl sites for hydroxylation is 2. The fourth-order valence-electron chi connectivity index (χ4n) is 4.26. The Morgan fingerprint density at radius 2 is 1.77 bits per heavy atom. The molecule has 0 bridgehead atoms. The van der Waals surface area contributed by atoms with Crippen LogP contribution in [0.4, 0.5) is 0 Å². The standard InChI is InChI=1S/C25H26Cl2N2O/c1-25(2)20(15-22(26)27)23(25)24(30)29(3)21(16-28)19-12-8-7-11-18(19)14-13-17-9-5-4-6-10-17/h4-12,15,20-21,23H,13-14H2,1-3H3. The van der Waals surface area contributed by atoms with Gasteiger partial charge in [0.2, 0.25) is 5.91 Å². The molecule has 3 unspecified atom stereocenters. The molecule has 1 aliphatic rings. The highest BCUT2D eigenvalue weighted by atomic mass is 35.5. The second-order valence-electron chi connectivity index (χ2n) is 8.45. The van der Waals surface area contributed by atoms with Crippen LogP contribution in [0.5, 0.6) is 0 Å². The number of halogens is 2. The van der Waals surface area contributed by atoms with Crippen molar-refractivity contribution < 1.29 is 4.79 Å². The minimum atomic E-state index is -0.642. The van der Waals surface area contributed by atoms with Crippen LogP contribution in [0.25, 0.3) is 0 Å². The monoisotopic (exact) mass is 440 g/mol. The highest BCUT2D eigenvalue weighted by molar-refractivity contribution is 6.55. The van der Waals surface area contributed by atoms with Crippen molar-refractivity contribution in [2.75, 3.05) is 7.05 Å². The first-order chi connectivity index (χ1) is 14.3. The average Bonchev–Trinajstić information content (AvgIpc) is 3.26. The second kappa shape index (κ2) is 9.25. The molecule has 0 aromatic heterocycles. The summed E-state index contributed by atoms with van der Waals surface area (Å²) in [6, 6.07) is 19.9. The van der Waals surface area contributed by atoms with Crippen molar-refractivity contribution in [3.05, 3.63) is 81.9 Å². The maximum Gasteiger partial charge on any atom is 0.227 e. The second-order valence-corrected chi connectivity index (χ2v) is 9.45. The fraction of sp³-hybridized carbons (Fsp3) is 0.360. The maximum atomic E-state index is 13.2. The van der Waals surface area contributed by atoms with Gasteiger partial charge in [-0.1, -0.05) is 91.6 Å². The van der Waals surface area contributed by atoms with E-state index in [4.69, 9.17) is 23.2 Å². The molecule has 3 atom stereocenters. The molecule has 156 valence electrons. The first-order valence-electron chi connectivity index (χ1n) is 10.1. The zero-order valence-electron chi connectivity index (χ0n) is 17.5. The predicted octanol–water partition coefficient (Wildman–Crippen LogP) is 6.09. The van der Waals surface area contributed by atoms with E-state index in [0.29, 0.717) is 0 Å². The number of benzene rings is 2. The van der Waals surface area contributed by atoms with Gasteiger partial charge in [0.1, 0.15) is 10.5 Å². The topological polar surface area (TPSA) is 44.1 Å². The molecule has 0 spiro atoms. The van der Waals surface area contributed by atoms with Crippen molar-refractivity contribution in [3.8, 4) is 6.07 Å². The van der Waals surface area contributed by atoms with Gasteiger partial charge in [0, 0.05) is 7.05 Å². The summed E-state index contributed by atoms with van der Waals surface area (Å²) in [4.78, 5) is 14.8. The Balaban J connectivity index is 1.80. The smallest absolute Gasteiger partial charge is 0.227 e. The van der Waals surface area contributed by atoms with Gasteiger partial charge in [-0.2, -0.15) is 5.26 Å². The lowest BCUT2D eigenvalue weighted by molar-refractivity contribution is -0.133. The third kappa shape index (κ3) is 4.72. The van der Waals surface area contributed by atoms with E-state index < -0.39 is 6.04 Å². The van der Waals surface area contributed by atoms with Gasteiger partial charge < -0.3 is 4.90 Å². The first kappa shape index (κ1) is 22.4. The summed E-state index contributed by atoms with van der Waals surface area (Å²) in [5.74, 6) is -0.312. The molecule has 0 aliphatic heterocycles. The molecule has 30 heavy (non-hydrogen) atoms. The number of allylic oxidation sites excluding steroid dienone is 1. The van der Waals surface area contributed by atoms with Gasteiger partial charge in [-0.3, -0.25) is 4.79 Å². The number of nitriles is 1. The molecule has 2 aromatic rings. The number of rotatable bonds is 7. The SMILES string of the molecule is CN(C(=O)C1C(C=C(Cl)Cl)C1(C)C)C(C#N)c1ccccc1CCc1ccccc1. The molecule has 3 nitrogen and oxygen atoms in total. The lowest BCUT2D eigenvalue weighted by Gasteiger charge is -2.26. The summed E-state index contributed by atoms with van der Waals surface area (Å²) in [5, 5.41) is 9.95. The van der Waals surface area contributed by atoms with Crippen molar-refractivity contribution >= 4 is 29.1 Å². The Morgan fingerprint density at radius 3 is 2.40 bits per heavy atom. The molecule has 0 saturated heterocycles. The van der Waals surface area contributed by atoms with Gasteiger partial charge in [0.25, 0.3) is 0 Å². The summed E-state index contributed by atoms with van der Waals surface area (Å²) in [6.45, 7) is 4.05. The number of hydrogen-bond acceptors (Lipinski definition) is 2. The van der Waals surface area contributed by atoms with E-state index in [2.05, 4.69) is 18.2 Å². The average molecular weight is 441 g/mol. The maximum absolute atomic E-state index is 13.2. The predicted molar refractivity (Wildman–Crippen MR) is 122 cm³/mol. The van der Waals surface area contributed by atoms with Crippen molar-refractivity contribution in [1.82, 2.24) is 4.90 Å². The van der Waals surface area contributed by atoms with E-state index in [1.165, 1.54) is 5.56 Å². The van der Waals surface area contributed by atoms with Gasteiger partial charge in [-0.15, -0.1) is 0 Å². The van der Waals surface area contributed by atoms with E-state index in [1.54, 1.807) is 18.0 Å². The lowest BCUT2D eigenvalue weighted by atomic mass is 9.95. The van der Waals surface area contributed by atoms with Crippen LogP contribution in [-0.2, 0) is 17.6 Å². The number of nitrogens with zero attached hydrogens (tertiary/aromatic N) is 2. The Morgan fingerprint density at radius 1 is 1.13 bits per heavy atom. The van der Waals surface area contributed by atoms with Crippen LogP contribution < -0.4 is 0 Å². The Labute approximate surface area is 188 Å². The third-order valence-corrected chi connectivity index (χ3v) is 6.47. The van der Waals surface area contributed by atoms with Crippen LogP contribution >= 0.6 is 23.2 Å². The molecule has 0 heterocycles. The number of carbonyl (C=O) groups excluding carboxylic acids is 1. The van der Waals surface area contributed by atoms with E-state index in [0.717, 1.165) is 24.0 Å². The molecule has 3 rings (SSSR count). The van der Waals surface area contributed by atoms with Crippen LogP contribution in [0, 0.1) is 28.6 Å². The molecule has 2 aromatic carbocycles. The Hall–Kier alpha value is -2.28. The molecule has 1 aliphatic carbocycles. The summed E-state index contributed by atoms with van der Waals surface area (Å²) in [6.07, 6.45) is 3.42. The van der Waals surface area contributed by atoms with Gasteiger partial charge >= 0.3 is 0 Å². The molecular formula is C25H26Cl2N2O. The van der Waals surface area contributed by atoms with Gasteiger partial charge in [0.15, 0.2) is 0 Å².